The molecular formula is C14H17FN4O. The molecule has 0 radical (unpaired) electrons. The van der Waals surface area contributed by atoms with E-state index in [-0.39, 0.29) is 18.4 Å². The van der Waals surface area contributed by atoms with Crippen molar-refractivity contribution in [2.24, 2.45) is 0 Å². The van der Waals surface area contributed by atoms with E-state index in [4.69, 9.17) is 0 Å². The van der Waals surface area contributed by atoms with Crippen LogP contribution in [0.5, 0.6) is 0 Å². The molecular weight excluding hydrogens is 259 g/mol. The molecule has 5 nitrogen and oxygen atoms in total. The Bertz CT molecular complexity index is 542. The summed E-state index contributed by atoms with van der Waals surface area (Å²) in [5.41, 5.74) is 0.473. The lowest BCUT2D eigenvalue weighted by Crippen LogP contribution is -2.36. The third-order valence-corrected chi connectivity index (χ3v) is 2.84. The largest absolute Gasteiger partial charge is 0.338 e. The normalized spacial score (nSPS) is 10.2. The Kier molecular flexibility index (Phi) is 5.11. The first-order valence-corrected chi connectivity index (χ1v) is 6.46. The second kappa shape index (κ2) is 7.28. The fraction of sp³-hybridized carbons (Fsp3) is 0.286. The molecule has 0 bridgehead atoms. The van der Waals surface area contributed by atoms with Crippen LogP contribution >= 0.6 is 0 Å². The number of rotatable bonds is 6. The number of carbonyl (C=O) groups is 1. The number of imidazole rings is 1. The summed E-state index contributed by atoms with van der Waals surface area (Å²) in [6, 6.07) is 6.09. The summed E-state index contributed by atoms with van der Waals surface area (Å²) in [6.45, 7) is 1.54. The van der Waals surface area contributed by atoms with Gasteiger partial charge in [0.2, 0.25) is 0 Å². The van der Waals surface area contributed by atoms with Gasteiger partial charge in [-0.25, -0.2) is 14.2 Å². The van der Waals surface area contributed by atoms with Crippen LogP contribution in [0.3, 0.4) is 0 Å². The predicted octanol–water partition coefficient (Wildman–Crippen LogP) is 1.91. The first-order valence-electron chi connectivity index (χ1n) is 6.46. The highest BCUT2D eigenvalue weighted by molar-refractivity contribution is 5.73. The standard InChI is InChI=1S/C14H17FN4O/c15-13-5-2-1-4-12(13)10-18-14(20)17-6-3-8-19-9-7-16-11-19/h1-2,4-5,7,9,11H,3,6,8,10H2,(H2,17,18,20). The minimum atomic E-state index is -0.312. The quantitative estimate of drug-likeness (QED) is 0.792. The van der Waals surface area contributed by atoms with Crippen LogP contribution in [-0.2, 0) is 13.1 Å². The minimum absolute atomic E-state index is 0.181. The number of hydrogen-bond donors (Lipinski definition) is 2. The number of urea groups is 1. The average Bonchev–Trinajstić information content (AvgIpc) is 2.96. The third-order valence-electron chi connectivity index (χ3n) is 2.84. The minimum Gasteiger partial charge on any atom is -0.338 e. The number of nitrogens with zero attached hydrogens (tertiary/aromatic N) is 2. The summed E-state index contributed by atoms with van der Waals surface area (Å²) in [5, 5.41) is 5.35. The van der Waals surface area contributed by atoms with Gasteiger partial charge in [-0.3, -0.25) is 0 Å². The molecule has 2 amide bonds. The highest BCUT2D eigenvalue weighted by atomic mass is 19.1. The van der Waals surface area contributed by atoms with Gasteiger partial charge < -0.3 is 15.2 Å². The van der Waals surface area contributed by atoms with Crippen LogP contribution in [0, 0.1) is 5.82 Å². The van der Waals surface area contributed by atoms with E-state index in [1.807, 2.05) is 10.8 Å². The van der Waals surface area contributed by atoms with Crippen molar-refractivity contribution in [2.75, 3.05) is 6.54 Å². The van der Waals surface area contributed by atoms with Crippen LogP contribution in [-0.4, -0.2) is 22.1 Å². The number of aromatic nitrogens is 2. The van der Waals surface area contributed by atoms with Gasteiger partial charge in [0.05, 0.1) is 6.33 Å². The van der Waals surface area contributed by atoms with Crippen LogP contribution in [0.15, 0.2) is 43.0 Å². The molecule has 0 fully saturated rings. The second-order valence-corrected chi connectivity index (χ2v) is 4.35. The van der Waals surface area contributed by atoms with Crippen molar-refractivity contribution in [2.45, 2.75) is 19.5 Å². The van der Waals surface area contributed by atoms with E-state index in [1.165, 1.54) is 6.07 Å². The van der Waals surface area contributed by atoms with Crippen LogP contribution < -0.4 is 10.6 Å². The number of carbonyl (C=O) groups excluding carboxylic acids is 1. The molecule has 0 aliphatic heterocycles. The highest BCUT2D eigenvalue weighted by Gasteiger charge is 2.03. The van der Waals surface area contributed by atoms with Gasteiger partial charge in [-0.1, -0.05) is 18.2 Å². The topological polar surface area (TPSA) is 59.0 Å². The third kappa shape index (κ3) is 4.38. The summed E-state index contributed by atoms with van der Waals surface area (Å²) in [7, 11) is 0. The highest BCUT2D eigenvalue weighted by Crippen LogP contribution is 2.05. The maximum atomic E-state index is 13.3. The van der Waals surface area contributed by atoms with Crippen LogP contribution in [0.1, 0.15) is 12.0 Å². The zero-order chi connectivity index (χ0) is 14.2. The zero-order valence-electron chi connectivity index (χ0n) is 11.1. The van der Waals surface area contributed by atoms with E-state index >= 15 is 0 Å². The van der Waals surface area contributed by atoms with E-state index in [2.05, 4.69) is 15.6 Å². The molecule has 0 saturated carbocycles. The molecule has 6 heteroatoms. The Morgan fingerprint density at radius 3 is 2.90 bits per heavy atom. The smallest absolute Gasteiger partial charge is 0.315 e. The van der Waals surface area contributed by atoms with Gasteiger partial charge in [-0.15, -0.1) is 0 Å². The number of hydrogen-bond acceptors (Lipinski definition) is 2. The van der Waals surface area contributed by atoms with Gasteiger partial charge in [0, 0.05) is 37.6 Å². The Labute approximate surface area is 116 Å². The Balaban J connectivity index is 1.62. The number of nitrogens with one attached hydrogen (secondary N) is 2. The van der Waals surface area contributed by atoms with Crippen molar-refractivity contribution in [3.8, 4) is 0 Å². The average molecular weight is 276 g/mol. The van der Waals surface area contributed by atoms with Crippen molar-refractivity contribution >= 4 is 6.03 Å². The number of amides is 2. The molecule has 0 atom stereocenters. The lowest BCUT2D eigenvalue weighted by atomic mass is 10.2. The van der Waals surface area contributed by atoms with Gasteiger partial charge in [0.1, 0.15) is 5.82 Å². The fourth-order valence-electron chi connectivity index (χ4n) is 1.76. The Morgan fingerprint density at radius 1 is 1.30 bits per heavy atom. The molecule has 2 rings (SSSR count). The van der Waals surface area contributed by atoms with Gasteiger partial charge in [0.15, 0.2) is 0 Å². The second-order valence-electron chi connectivity index (χ2n) is 4.35. The SMILES string of the molecule is O=C(NCCCn1ccnc1)NCc1ccccc1F. The number of aryl methyl sites for hydroxylation is 1. The molecule has 0 aliphatic rings. The molecule has 1 aromatic carbocycles. The summed E-state index contributed by atoms with van der Waals surface area (Å²) >= 11 is 0. The fourth-order valence-corrected chi connectivity index (χ4v) is 1.76. The van der Waals surface area contributed by atoms with Crippen LogP contribution in [0.2, 0.25) is 0 Å². The molecule has 2 aromatic rings. The van der Waals surface area contributed by atoms with E-state index in [9.17, 15) is 9.18 Å². The van der Waals surface area contributed by atoms with Crippen molar-refractivity contribution < 1.29 is 9.18 Å². The maximum absolute atomic E-state index is 13.3. The molecule has 106 valence electrons. The summed E-state index contributed by atoms with van der Waals surface area (Å²) in [5.74, 6) is -0.312. The summed E-state index contributed by atoms with van der Waals surface area (Å²) in [4.78, 5) is 15.5. The number of halogens is 1. The van der Waals surface area contributed by atoms with E-state index in [0.717, 1.165) is 13.0 Å². The molecule has 2 N–H and O–H groups in total. The maximum Gasteiger partial charge on any atom is 0.315 e. The molecule has 0 saturated heterocycles. The van der Waals surface area contributed by atoms with Crippen LogP contribution in [0.4, 0.5) is 9.18 Å². The van der Waals surface area contributed by atoms with E-state index in [1.54, 1.807) is 30.7 Å². The molecule has 0 spiro atoms. The number of benzene rings is 1. The summed E-state index contributed by atoms with van der Waals surface area (Å²) in [6.07, 6.45) is 6.13. The molecule has 1 aromatic heterocycles. The van der Waals surface area contributed by atoms with Crippen LogP contribution in [0.25, 0.3) is 0 Å². The van der Waals surface area contributed by atoms with Gasteiger partial charge >= 0.3 is 6.03 Å². The lowest BCUT2D eigenvalue weighted by molar-refractivity contribution is 0.240. The summed E-state index contributed by atoms with van der Waals surface area (Å²) < 4.78 is 15.3. The van der Waals surface area contributed by atoms with Crippen molar-refractivity contribution in [3.63, 3.8) is 0 Å². The van der Waals surface area contributed by atoms with Gasteiger partial charge in [-0.2, -0.15) is 0 Å². The zero-order valence-corrected chi connectivity index (χ0v) is 11.1. The van der Waals surface area contributed by atoms with Gasteiger partial charge in [0.25, 0.3) is 0 Å². The van der Waals surface area contributed by atoms with E-state index in [0.29, 0.717) is 12.1 Å². The Hall–Kier alpha value is -2.37. The molecule has 20 heavy (non-hydrogen) atoms. The molecule has 0 aliphatic carbocycles. The van der Waals surface area contributed by atoms with Crippen molar-refractivity contribution in [3.05, 3.63) is 54.4 Å². The van der Waals surface area contributed by atoms with Crippen molar-refractivity contribution in [1.29, 1.82) is 0 Å². The first-order chi connectivity index (χ1) is 9.75. The lowest BCUT2D eigenvalue weighted by Gasteiger charge is -2.08. The molecule has 1 heterocycles. The van der Waals surface area contributed by atoms with E-state index < -0.39 is 0 Å². The van der Waals surface area contributed by atoms with Gasteiger partial charge in [-0.05, 0) is 12.5 Å². The van der Waals surface area contributed by atoms with Crippen molar-refractivity contribution in [1.82, 2.24) is 20.2 Å². The molecule has 0 unspecified atom stereocenters. The Morgan fingerprint density at radius 2 is 2.15 bits per heavy atom. The monoisotopic (exact) mass is 276 g/mol. The predicted molar refractivity (Wildman–Crippen MR) is 73.5 cm³/mol. The first kappa shape index (κ1) is 14.0.